The highest BCUT2D eigenvalue weighted by atomic mass is 32.1. The van der Waals surface area contributed by atoms with Crippen LogP contribution >= 0.6 is 11.3 Å². The molecule has 0 unspecified atom stereocenters. The van der Waals surface area contributed by atoms with E-state index < -0.39 is 5.97 Å². The van der Waals surface area contributed by atoms with Gasteiger partial charge in [-0.15, -0.1) is 11.3 Å². The standard InChI is InChI=1S/C15H16N6O3S/c1-9-11(7-20(2)19-9)12-8-25-15(17-12)18-13(22)3-4-21-6-10(5-16-21)14(23)24/h5-8H,3-4H2,1-2H3,(H,23,24)(H,17,18,22). The average molecular weight is 360 g/mol. The fraction of sp³-hybridized carbons (Fsp3) is 0.267. The lowest BCUT2D eigenvalue weighted by atomic mass is 10.2. The van der Waals surface area contributed by atoms with Gasteiger partial charge in [0.15, 0.2) is 5.13 Å². The van der Waals surface area contributed by atoms with Crippen LogP contribution in [0.2, 0.25) is 0 Å². The van der Waals surface area contributed by atoms with Gasteiger partial charge in [-0.2, -0.15) is 10.2 Å². The zero-order chi connectivity index (χ0) is 18.0. The van der Waals surface area contributed by atoms with Gasteiger partial charge in [0.25, 0.3) is 0 Å². The summed E-state index contributed by atoms with van der Waals surface area (Å²) in [4.78, 5) is 27.2. The first-order valence-corrected chi connectivity index (χ1v) is 8.32. The molecular formula is C15H16N6O3S. The molecule has 3 aromatic heterocycles. The summed E-state index contributed by atoms with van der Waals surface area (Å²) in [6, 6.07) is 0. The molecule has 25 heavy (non-hydrogen) atoms. The van der Waals surface area contributed by atoms with Crippen LogP contribution in [0.3, 0.4) is 0 Å². The lowest BCUT2D eigenvalue weighted by Gasteiger charge is -2.02. The second-order valence-corrected chi connectivity index (χ2v) is 6.29. The Balaban J connectivity index is 1.58. The first-order chi connectivity index (χ1) is 11.9. The molecule has 3 rings (SSSR count). The summed E-state index contributed by atoms with van der Waals surface area (Å²) in [6.45, 7) is 2.20. The number of aromatic carboxylic acids is 1. The number of nitrogens with zero attached hydrogens (tertiary/aromatic N) is 5. The summed E-state index contributed by atoms with van der Waals surface area (Å²) in [7, 11) is 1.84. The lowest BCUT2D eigenvalue weighted by Crippen LogP contribution is -2.14. The third-order valence-electron chi connectivity index (χ3n) is 3.49. The molecule has 10 heteroatoms. The third kappa shape index (κ3) is 3.91. The van der Waals surface area contributed by atoms with Crippen LogP contribution in [0.5, 0.6) is 0 Å². The van der Waals surface area contributed by atoms with Crippen molar-refractivity contribution >= 4 is 28.3 Å². The Morgan fingerprint density at radius 2 is 2.16 bits per heavy atom. The highest BCUT2D eigenvalue weighted by Crippen LogP contribution is 2.26. The number of thiazole rings is 1. The van der Waals surface area contributed by atoms with Crippen LogP contribution in [0, 0.1) is 6.92 Å². The van der Waals surface area contributed by atoms with Gasteiger partial charge in [0.1, 0.15) is 0 Å². The number of rotatable bonds is 6. The Morgan fingerprint density at radius 3 is 2.80 bits per heavy atom. The summed E-state index contributed by atoms with van der Waals surface area (Å²) >= 11 is 1.34. The van der Waals surface area contributed by atoms with Crippen molar-refractivity contribution in [3.05, 3.63) is 35.2 Å². The van der Waals surface area contributed by atoms with Gasteiger partial charge >= 0.3 is 5.97 Å². The summed E-state index contributed by atoms with van der Waals surface area (Å²) in [5, 5.41) is 22.1. The van der Waals surface area contributed by atoms with Crippen LogP contribution in [-0.4, -0.2) is 41.5 Å². The zero-order valence-corrected chi connectivity index (χ0v) is 14.4. The SMILES string of the molecule is Cc1nn(C)cc1-c1csc(NC(=O)CCn2cc(C(=O)O)cn2)n1. The summed E-state index contributed by atoms with van der Waals surface area (Å²) in [6.07, 6.45) is 4.70. The normalized spacial score (nSPS) is 10.8. The first-order valence-electron chi connectivity index (χ1n) is 7.44. The van der Waals surface area contributed by atoms with E-state index in [1.807, 2.05) is 25.5 Å². The molecule has 0 spiro atoms. The number of anilines is 1. The van der Waals surface area contributed by atoms with E-state index in [2.05, 4.69) is 20.5 Å². The molecule has 3 aromatic rings. The summed E-state index contributed by atoms with van der Waals surface area (Å²) < 4.78 is 3.15. The molecule has 0 aliphatic rings. The van der Waals surface area contributed by atoms with Crippen molar-refractivity contribution in [3.63, 3.8) is 0 Å². The van der Waals surface area contributed by atoms with Gasteiger partial charge < -0.3 is 10.4 Å². The fourth-order valence-electron chi connectivity index (χ4n) is 2.30. The Bertz CT molecular complexity index is 925. The maximum Gasteiger partial charge on any atom is 0.338 e. The number of carboxylic acids is 1. The highest BCUT2D eigenvalue weighted by Gasteiger charge is 2.12. The van der Waals surface area contributed by atoms with Crippen molar-refractivity contribution in [2.45, 2.75) is 19.9 Å². The Kier molecular flexibility index (Phi) is 4.61. The number of carbonyl (C=O) groups is 2. The van der Waals surface area contributed by atoms with Crippen molar-refractivity contribution in [2.24, 2.45) is 7.05 Å². The molecule has 0 aromatic carbocycles. The van der Waals surface area contributed by atoms with Crippen LogP contribution < -0.4 is 5.32 Å². The molecule has 3 heterocycles. The first kappa shape index (κ1) is 16.8. The Hall–Kier alpha value is -3.01. The summed E-state index contributed by atoms with van der Waals surface area (Å²) in [5.74, 6) is -1.26. The van der Waals surface area contributed by atoms with Crippen molar-refractivity contribution in [1.82, 2.24) is 24.5 Å². The number of nitrogens with one attached hydrogen (secondary N) is 1. The average Bonchev–Trinajstić information content (AvgIpc) is 3.25. The Labute approximate surface area is 146 Å². The number of hydrogen-bond donors (Lipinski definition) is 2. The number of amides is 1. The maximum atomic E-state index is 12.0. The number of aromatic nitrogens is 5. The van der Waals surface area contributed by atoms with E-state index >= 15 is 0 Å². The third-order valence-corrected chi connectivity index (χ3v) is 4.25. The minimum atomic E-state index is -1.04. The zero-order valence-electron chi connectivity index (χ0n) is 13.6. The second-order valence-electron chi connectivity index (χ2n) is 5.44. The number of hydrogen-bond acceptors (Lipinski definition) is 6. The van der Waals surface area contributed by atoms with E-state index in [1.165, 1.54) is 28.4 Å². The van der Waals surface area contributed by atoms with Crippen LogP contribution in [0.4, 0.5) is 5.13 Å². The summed E-state index contributed by atoms with van der Waals surface area (Å²) in [5.41, 5.74) is 2.66. The van der Waals surface area contributed by atoms with Crippen molar-refractivity contribution < 1.29 is 14.7 Å². The van der Waals surface area contributed by atoms with E-state index in [4.69, 9.17) is 5.11 Å². The van der Waals surface area contributed by atoms with E-state index in [0.29, 0.717) is 11.7 Å². The molecule has 0 bridgehead atoms. The van der Waals surface area contributed by atoms with Gasteiger partial charge in [0.2, 0.25) is 5.91 Å². The molecule has 0 atom stereocenters. The number of aryl methyl sites for hydroxylation is 3. The molecular weight excluding hydrogens is 344 g/mol. The topological polar surface area (TPSA) is 115 Å². The molecule has 9 nitrogen and oxygen atoms in total. The smallest absolute Gasteiger partial charge is 0.338 e. The van der Waals surface area contributed by atoms with Gasteiger partial charge in [0, 0.05) is 43.4 Å². The predicted molar refractivity (Wildman–Crippen MR) is 91.5 cm³/mol. The predicted octanol–water partition coefficient (Wildman–Crippen LogP) is 1.78. The minimum absolute atomic E-state index is 0.0943. The van der Waals surface area contributed by atoms with Gasteiger partial charge in [-0.05, 0) is 6.92 Å². The van der Waals surface area contributed by atoms with Crippen LogP contribution in [0.25, 0.3) is 11.3 Å². The van der Waals surface area contributed by atoms with Gasteiger partial charge in [-0.1, -0.05) is 0 Å². The molecule has 0 radical (unpaired) electrons. The number of carboxylic acid groups (broad SMARTS) is 1. The lowest BCUT2D eigenvalue weighted by molar-refractivity contribution is -0.116. The van der Waals surface area contributed by atoms with E-state index in [-0.39, 0.29) is 17.9 Å². The van der Waals surface area contributed by atoms with Crippen molar-refractivity contribution in [1.29, 1.82) is 0 Å². The molecule has 0 saturated carbocycles. The van der Waals surface area contributed by atoms with Crippen LogP contribution in [0.1, 0.15) is 22.5 Å². The molecule has 2 N–H and O–H groups in total. The van der Waals surface area contributed by atoms with Crippen molar-refractivity contribution in [2.75, 3.05) is 5.32 Å². The van der Waals surface area contributed by atoms with Gasteiger partial charge in [-0.25, -0.2) is 9.78 Å². The monoisotopic (exact) mass is 360 g/mol. The number of carbonyl (C=O) groups excluding carboxylic acids is 1. The quantitative estimate of drug-likeness (QED) is 0.692. The van der Waals surface area contributed by atoms with Gasteiger partial charge in [0.05, 0.1) is 23.1 Å². The second kappa shape index (κ2) is 6.85. The van der Waals surface area contributed by atoms with Crippen molar-refractivity contribution in [3.8, 4) is 11.3 Å². The van der Waals surface area contributed by atoms with Crippen LogP contribution in [-0.2, 0) is 18.4 Å². The highest BCUT2D eigenvalue weighted by molar-refractivity contribution is 7.14. The van der Waals surface area contributed by atoms with E-state index in [9.17, 15) is 9.59 Å². The molecule has 1 amide bonds. The minimum Gasteiger partial charge on any atom is -0.478 e. The van der Waals surface area contributed by atoms with E-state index in [1.54, 1.807) is 4.68 Å². The molecule has 0 saturated heterocycles. The maximum absolute atomic E-state index is 12.0. The van der Waals surface area contributed by atoms with Gasteiger partial charge in [-0.3, -0.25) is 14.2 Å². The van der Waals surface area contributed by atoms with E-state index in [0.717, 1.165) is 17.0 Å². The largest absolute Gasteiger partial charge is 0.478 e. The molecule has 0 aliphatic heterocycles. The molecule has 130 valence electrons. The molecule has 0 fully saturated rings. The molecule has 0 aliphatic carbocycles. The Morgan fingerprint density at radius 1 is 1.36 bits per heavy atom. The fourth-order valence-corrected chi connectivity index (χ4v) is 3.03. The van der Waals surface area contributed by atoms with Crippen LogP contribution in [0.15, 0.2) is 24.0 Å².